The Morgan fingerprint density at radius 3 is 1.70 bits per heavy atom. The quantitative estimate of drug-likeness (QED) is 0.293. The van der Waals surface area contributed by atoms with E-state index in [1.807, 2.05) is 0 Å². The minimum atomic E-state index is -1.81. The normalized spacial score (nSPS) is 12.3. The van der Waals surface area contributed by atoms with Gasteiger partial charge in [0, 0.05) is 13.0 Å². The van der Waals surface area contributed by atoms with Gasteiger partial charge >= 0.3 is 0 Å². The fraction of sp³-hybridized carbons (Fsp3) is 0.944. The Kier molecular flexibility index (Phi) is 17.6. The maximum Gasteiger partial charge on any atom is 0.220 e. The van der Waals surface area contributed by atoms with E-state index in [1.165, 1.54) is 70.6 Å². The summed E-state index contributed by atoms with van der Waals surface area (Å²) in [5.74, 6) is 0.114. The molecule has 138 valence electrons. The molecule has 0 rings (SSSR count). The summed E-state index contributed by atoms with van der Waals surface area (Å²) >= 11 is -1.81. The van der Waals surface area contributed by atoms with Crippen molar-refractivity contribution >= 4 is 17.0 Å². The number of hydrogen-bond acceptors (Lipinski definition) is 2. The Labute approximate surface area is 145 Å². The monoisotopic (exact) mass is 347 g/mol. The first-order valence-electron chi connectivity index (χ1n) is 9.51. The number of unbranched alkanes of at least 4 members (excludes halogenated alkanes) is 12. The molecule has 5 heteroatoms. The molecular weight excluding hydrogens is 310 g/mol. The highest BCUT2D eigenvalue weighted by atomic mass is 32.2. The lowest BCUT2D eigenvalue weighted by molar-refractivity contribution is -0.121. The van der Waals surface area contributed by atoms with E-state index in [1.54, 1.807) is 0 Å². The second-order valence-electron chi connectivity index (χ2n) is 6.37. The molecule has 0 radical (unpaired) electrons. The molecular formula is C18H37NO3S. The number of nitrogens with one attached hydrogen (secondary N) is 1. The second kappa shape index (κ2) is 17.9. The van der Waals surface area contributed by atoms with Crippen LogP contribution >= 0.6 is 0 Å². The van der Waals surface area contributed by atoms with Crippen molar-refractivity contribution in [1.82, 2.24) is 5.32 Å². The van der Waals surface area contributed by atoms with E-state index in [9.17, 15) is 9.00 Å². The van der Waals surface area contributed by atoms with Crippen LogP contribution in [0.2, 0.25) is 0 Å². The fourth-order valence-electron chi connectivity index (χ4n) is 2.67. The zero-order chi connectivity index (χ0) is 17.2. The average Bonchev–Trinajstić information content (AvgIpc) is 2.51. The summed E-state index contributed by atoms with van der Waals surface area (Å²) in [5.41, 5.74) is 0. The van der Waals surface area contributed by atoms with Crippen molar-refractivity contribution < 1.29 is 13.6 Å². The Bertz CT molecular complexity index is 298. The predicted molar refractivity (Wildman–Crippen MR) is 99.0 cm³/mol. The summed E-state index contributed by atoms with van der Waals surface area (Å²) in [6, 6.07) is 0. The predicted octanol–water partition coefficient (Wildman–Crippen LogP) is 4.81. The van der Waals surface area contributed by atoms with E-state index in [4.69, 9.17) is 4.55 Å². The summed E-state index contributed by atoms with van der Waals surface area (Å²) in [6.07, 6.45) is 17.4. The van der Waals surface area contributed by atoms with Crippen molar-refractivity contribution in [2.24, 2.45) is 0 Å². The van der Waals surface area contributed by atoms with Crippen molar-refractivity contribution in [3.05, 3.63) is 0 Å². The lowest BCUT2D eigenvalue weighted by Gasteiger charge is -2.04. The molecule has 0 aromatic heterocycles. The van der Waals surface area contributed by atoms with Gasteiger partial charge < -0.3 is 9.87 Å². The SMILES string of the molecule is CCCCCCCCCCCCCCCC(=O)NCCS(=O)O. The molecule has 0 bridgehead atoms. The molecule has 0 fully saturated rings. The van der Waals surface area contributed by atoms with Crippen LogP contribution in [0, 0.1) is 0 Å². The molecule has 0 aromatic carbocycles. The lowest BCUT2D eigenvalue weighted by atomic mass is 10.0. The van der Waals surface area contributed by atoms with Crippen molar-refractivity contribution in [2.75, 3.05) is 12.3 Å². The topological polar surface area (TPSA) is 66.4 Å². The van der Waals surface area contributed by atoms with E-state index in [0.717, 1.165) is 12.8 Å². The first kappa shape index (κ1) is 22.6. The molecule has 1 atom stereocenters. The smallest absolute Gasteiger partial charge is 0.220 e. The Balaban J connectivity index is 3.12. The molecule has 0 aliphatic heterocycles. The van der Waals surface area contributed by atoms with Gasteiger partial charge in [-0.15, -0.1) is 0 Å². The van der Waals surface area contributed by atoms with E-state index in [0.29, 0.717) is 13.0 Å². The van der Waals surface area contributed by atoms with Gasteiger partial charge in [-0.1, -0.05) is 84.0 Å². The summed E-state index contributed by atoms with van der Waals surface area (Å²) in [5, 5.41) is 2.67. The maximum absolute atomic E-state index is 11.4. The average molecular weight is 348 g/mol. The van der Waals surface area contributed by atoms with Crippen LogP contribution in [0.4, 0.5) is 0 Å². The number of amides is 1. The molecule has 23 heavy (non-hydrogen) atoms. The van der Waals surface area contributed by atoms with Crippen molar-refractivity contribution in [1.29, 1.82) is 0 Å². The van der Waals surface area contributed by atoms with Crippen molar-refractivity contribution in [3.63, 3.8) is 0 Å². The van der Waals surface area contributed by atoms with Crippen LogP contribution < -0.4 is 5.32 Å². The molecule has 1 unspecified atom stereocenters. The zero-order valence-corrected chi connectivity index (χ0v) is 15.8. The van der Waals surface area contributed by atoms with Crippen molar-refractivity contribution in [2.45, 2.75) is 96.8 Å². The number of rotatable bonds is 17. The third-order valence-corrected chi connectivity index (χ3v) is 4.66. The minimum Gasteiger partial charge on any atom is -0.355 e. The largest absolute Gasteiger partial charge is 0.355 e. The summed E-state index contributed by atoms with van der Waals surface area (Å²) in [7, 11) is 0. The molecule has 0 saturated carbocycles. The van der Waals surface area contributed by atoms with E-state index in [-0.39, 0.29) is 11.7 Å². The number of carbonyl (C=O) groups is 1. The van der Waals surface area contributed by atoms with Gasteiger partial charge in [0.15, 0.2) is 11.1 Å². The van der Waals surface area contributed by atoms with Gasteiger partial charge in [-0.2, -0.15) is 0 Å². The highest BCUT2D eigenvalue weighted by Gasteiger charge is 2.01. The van der Waals surface area contributed by atoms with Crippen LogP contribution in [0.25, 0.3) is 0 Å². The molecule has 0 spiro atoms. The van der Waals surface area contributed by atoms with Gasteiger partial charge in [0.25, 0.3) is 0 Å². The highest BCUT2D eigenvalue weighted by Crippen LogP contribution is 2.12. The Hall–Kier alpha value is -0.420. The van der Waals surface area contributed by atoms with Crippen LogP contribution in [0.1, 0.15) is 96.8 Å². The van der Waals surface area contributed by atoms with Gasteiger partial charge in [0.05, 0.1) is 5.75 Å². The van der Waals surface area contributed by atoms with E-state index < -0.39 is 11.1 Å². The second-order valence-corrected chi connectivity index (χ2v) is 7.42. The third kappa shape index (κ3) is 19.5. The van der Waals surface area contributed by atoms with Gasteiger partial charge in [-0.25, -0.2) is 4.21 Å². The summed E-state index contributed by atoms with van der Waals surface area (Å²) in [6.45, 7) is 2.55. The molecule has 0 heterocycles. The molecule has 0 saturated heterocycles. The standard InChI is InChI=1S/C18H37NO3S/c1-2-3-4-5-6-7-8-9-10-11-12-13-14-15-18(20)19-16-17-23(21)22/h2-17H2,1H3,(H,19,20)(H,21,22). The van der Waals surface area contributed by atoms with Gasteiger partial charge in [-0.3, -0.25) is 4.79 Å². The van der Waals surface area contributed by atoms with Gasteiger partial charge in [0.2, 0.25) is 5.91 Å². The lowest BCUT2D eigenvalue weighted by Crippen LogP contribution is -2.27. The molecule has 4 nitrogen and oxygen atoms in total. The molecule has 0 aliphatic rings. The fourth-order valence-corrected chi connectivity index (χ4v) is 2.95. The maximum atomic E-state index is 11.4. The minimum absolute atomic E-state index is 0.00137. The molecule has 0 aromatic rings. The van der Waals surface area contributed by atoms with Crippen molar-refractivity contribution in [3.8, 4) is 0 Å². The molecule has 1 amide bonds. The number of carbonyl (C=O) groups excluding carboxylic acids is 1. The summed E-state index contributed by atoms with van der Waals surface area (Å²) < 4.78 is 19.0. The Morgan fingerprint density at radius 2 is 1.26 bits per heavy atom. The van der Waals surface area contributed by atoms with Crippen LogP contribution in [0.3, 0.4) is 0 Å². The van der Waals surface area contributed by atoms with E-state index >= 15 is 0 Å². The zero-order valence-electron chi connectivity index (χ0n) is 15.0. The summed E-state index contributed by atoms with van der Waals surface area (Å²) in [4.78, 5) is 11.4. The number of hydrogen-bond donors (Lipinski definition) is 2. The van der Waals surface area contributed by atoms with Crippen LogP contribution in [-0.4, -0.2) is 27.0 Å². The third-order valence-electron chi connectivity index (χ3n) is 4.11. The van der Waals surface area contributed by atoms with Gasteiger partial charge in [0.1, 0.15) is 0 Å². The van der Waals surface area contributed by atoms with Gasteiger partial charge in [-0.05, 0) is 6.42 Å². The Morgan fingerprint density at radius 1 is 0.826 bits per heavy atom. The van der Waals surface area contributed by atoms with Crippen LogP contribution in [-0.2, 0) is 15.9 Å². The molecule has 0 aliphatic carbocycles. The van der Waals surface area contributed by atoms with Crippen LogP contribution in [0.15, 0.2) is 0 Å². The first-order valence-corrected chi connectivity index (χ1v) is 10.8. The first-order chi connectivity index (χ1) is 11.2. The van der Waals surface area contributed by atoms with E-state index in [2.05, 4.69) is 12.2 Å². The van der Waals surface area contributed by atoms with Crippen LogP contribution in [0.5, 0.6) is 0 Å². The molecule has 2 N–H and O–H groups in total. The highest BCUT2D eigenvalue weighted by molar-refractivity contribution is 7.79.